The van der Waals surface area contributed by atoms with Crippen molar-refractivity contribution in [2.45, 2.75) is 45.1 Å². The van der Waals surface area contributed by atoms with E-state index in [0.717, 1.165) is 18.5 Å². The van der Waals surface area contributed by atoms with Crippen molar-refractivity contribution in [1.29, 1.82) is 0 Å². The lowest BCUT2D eigenvalue weighted by Crippen LogP contribution is -2.39. The summed E-state index contributed by atoms with van der Waals surface area (Å²) in [5.74, 6) is 0.399. The van der Waals surface area contributed by atoms with Crippen LogP contribution in [0.25, 0.3) is 0 Å². The summed E-state index contributed by atoms with van der Waals surface area (Å²) in [6, 6.07) is 0.0557. The first-order valence-electron chi connectivity index (χ1n) is 6.05. The van der Waals surface area contributed by atoms with Crippen LogP contribution in [0.3, 0.4) is 0 Å². The fraction of sp³-hybridized carbons (Fsp3) is 0.636. The minimum Gasteiger partial charge on any atom is -0.394 e. The Morgan fingerprint density at radius 2 is 2.12 bits per heavy atom. The number of rotatable bonds is 2. The summed E-state index contributed by atoms with van der Waals surface area (Å²) in [7, 11) is 0. The van der Waals surface area contributed by atoms with E-state index in [1.165, 1.54) is 19.3 Å². The molecule has 1 heterocycles. The fourth-order valence-electron chi connectivity index (χ4n) is 2.11. The van der Waals surface area contributed by atoms with Crippen molar-refractivity contribution in [3.63, 3.8) is 0 Å². The lowest BCUT2D eigenvalue weighted by atomic mass is 9.96. The molecule has 5 N–H and O–H groups in total. The number of anilines is 2. The van der Waals surface area contributed by atoms with Crippen LogP contribution in [0.4, 0.5) is 16.3 Å². The van der Waals surface area contributed by atoms with E-state index in [9.17, 15) is 4.79 Å². The van der Waals surface area contributed by atoms with Gasteiger partial charge in [-0.25, -0.2) is 4.79 Å². The second-order valence-corrected chi connectivity index (χ2v) is 4.54. The number of hydrogen-bond acceptors (Lipinski definition) is 3. The zero-order valence-corrected chi connectivity index (χ0v) is 10.0. The molecule has 1 fully saturated rings. The van der Waals surface area contributed by atoms with Crippen molar-refractivity contribution >= 4 is 17.5 Å². The zero-order chi connectivity index (χ0) is 12.3. The average Bonchev–Trinajstić information content (AvgIpc) is 2.62. The number of aromatic amines is 1. The second kappa shape index (κ2) is 5.07. The molecule has 6 nitrogen and oxygen atoms in total. The summed E-state index contributed by atoms with van der Waals surface area (Å²) < 4.78 is 0. The number of carbonyl (C=O) groups is 1. The third-order valence-corrected chi connectivity index (χ3v) is 3.17. The molecule has 0 aliphatic heterocycles. The Balaban J connectivity index is 1.86. The molecular weight excluding hydrogens is 218 g/mol. The summed E-state index contributed by atoms with van der Waals surface area (Å²) in [5.41, 5.74) is 7.00. The standard InChI is InChI=1S/C11H19N5O/c1-7-9(12)10(16-15-7)14-11(17)13-8-5-3-2-4-6-8/h8H,2-6,12H2,1H3,(H3,13,14,15,16,17). The first-order valence-corrected chi connectivity index (χ1v) is 6.05. The molecule has 0 radical (unpaired) electrons. The topological polar surface area (TPSA) is 95.8 Å². The number of nitrogens with one attached hydrogen (secondary N) is 3. The quantitative estimate of drug-likeness (QED) is 0.631. The van der Waals surface area contributed by atoms with Crippen LogP contribution < -0.4 is 16.4 Å². The lowest BCUT2D eigenvalue weighted by molar-refractivity contribution is 0.244. The van der Waals surface area contributed by atoms with Crippen LogP contribution in [-0.4, -0.2) is 22.3 Å². The molecule has 1 aliphatic carbocycles. The van der Waals surface area contributed by atoms with Gasteiger partial charge in [0.1, 0.15) is 0 Å². The number of aromatic nitrogens is 2. The number of nitrogen functional groups attached to an aromatic ring is 1. The Hall–Kier alpha value is -1.72. The number of H-pyrrole nitrogens is 1. The van der Waals surface area contributed by atoms with Gasteiger partial charge in [0.05, 0.1) is 11.4 Å². The van der Waals surface area contributed by atoms with Gasteiger partial charge in [-0.15, -0.1) is 0 Å². The van der Waals surface area contributed by atoms with Gasteiger partial charge in [-0.05, 0) is 19.8 Å². The molecule has 0 spiro atoms. The van der Waals surface area contributed by atoms with Crippen molar-refractivity contribution in [3.8, 4) is 0 Å². The minimum absolute atomic E-state index is 0.227. The molecular formula is C11H19N5O. The van der Waals surface area contributed by atoms with Gasteiger partial charge < -0.3 is 11.1 Å². The molecule has 0 saturated heterocycles. The van der Waals surface area contributed by atoms with Crippen LogP contribution in [0.2, 0.25) is 0 Å². The van der Waals surface area contributed by atoms with Crippen molar-refractivity contribution in [3.05, 3.63) is 5.69 Å². The summed E-state index contributed by atoms with van der Waals surface area (Å²) in [4.78, 5) is 11.7. The summed E-state index contributed by atoms with van der Waals surface area (Å²) >= 11 is 0. The Morgan fingerprint density at radius 3 is 2.71 bits per heavy atom. The molecule has 94 valence electrons. The van der Waals surface area contributed by atoms with Gasteiger partial charge in [-0.1, -0.05) is 19.3 Å². The van der Waals surface area contributed by atoms with E-state index >= 15 is 0 Å². The summed E-state index contributed by atoms with van der Waals surface area (Å²) in [5, 5.41) is 12.3. The molecule has 6 heteroatoms. The number of amides is 2. The van der Waals surface area contributed by atoms with E-state index in [4.69, 9.17) is 5.73 Å². The van der Waals surface area contributed by atoms with Crippen LogP contribution in [0.1, 0.15) is 37.8 Å². The molecule has 0 unspecified atom stereocenters. The molecule has 1 aromatic rings. The van der Waals surface area contributed by atoms with Crippen molar-refractivity contribution in [2.75, 3.05) is 11.1 Å². The van der Waals surface area contributed by atoms with Crippen molar-refractivity contribution in [1.82, 2.24) is 15.5 Å². The van der Waals surface area contributed by atoms with E-state index < -0.39 is 0 Å². The van der Waals surface area contributed by atoms with Gasteiger partial charge in [-0.2, -0.15) is 5.10 Å². The van der Waals surface area contributed by atoms with Gasteiger partial charge in [0.15, 0.2) is 5.82 Å². The van der Waals surface area contributed by atoms with Crippen molar-refractivity contribution in [2.24, 2.45) is 0 Å². The van der Waals surface area contributed by atoms with Gasteiger partial charge in [0.2, 0.25) is 0 Å². The molecule has 17 heavy (non-hydrogen) atoms. The molecule has 1 aliphatic rings. The third-order valence-electron chi connectivity index (χ3n) is 3.17. The summed E-state index contributed by atoms with van der Waals surface area (Å²) in [6.07, 6.45) is 5.76. The monoisotopic (exact) mass is 237 g/mol. The predicted molar refractivity (Wildman–Crippen MR) is 66.8 cm³/mol. The highest BCUT2D eigenvalue weighted by Gasteiger charge is 2.17. The first kappa shape index (κ1) is 11.8. The fourth-order valence-corrected chi connectivity index (χ4v) is 2.11. The predicted octanol–water partition coefficient (Wildman–Crippen LogP) is 1.75. The van der Waals surface area contributed by atoms with E-state index in [1.54, 1.807) is 0 Å². The number of urea groups is 1. The maximum absolute atomic E-state index is 11.7. The van der Waals surface area contributed by atoms with E-state index in [1.807, 2.05) is 6.92 Å². The number of nitrogens with zero attached hydrogens (tertiary/aromatic N) is 1. The van der Waals surface area contributed by atoms with Gasteiger partial charge in [0.25, 0.3) is 0 Å². The van der Waals surface area contributed by atoms with Crippen LogP contribution in [0.5, 0.6) is 0 Å². The Labute approximate surface area is 100 Å². The average molecular weight is 237 g/mol. The van der Waals surface area contributed by atoms with Crippen LogP contribution in [0.15, 0.2) is 0 Å². The Bertz CT molecular complexity index is 395. The highest BCUT2D eigenvalue weighted by molar-refractivity contribution is 5.91. The molecule has 1 aromatic heterocycles. The molecule has 0 bridgehead atoms. The number of carbonyl (C=O) groups excluding carboxylic acids is 1. The van der Waals surface area contributed by atoms with Gasteiger partial charge in [0, 0.05) is 6.04 Å². The molecule has 1 saturated carbocycles. The molecule has 0 aromatic carbocycles. The number of hydrogen-bond donors (Lipinski definition) is 4. The highest BCUT2D eigenvalue weighted by atomic mass is 16.2. The summed E-state index contributed by atoms with van der Waals surface area (Å²) in [6.45, 7) is 1.81. The van der Waals surface area contributed by atoms with Crippen molar-refractivity contribution < 1.29 is 4.79 Å². The largest absolute Gasteiger partial charge is 0.394 e. The maximum Gasteiger partial charge on any atom is 0.320 e. The third kappa shape index (κ3) is 2.89. The van der Waals surface area contributed by atoms with Gasteiger partial charge >= 0.3 is 6.03 Å². The van der Waals surface area contributed by atoms with Crippen LogP contribution in [-0.2, 0) is 0 Å². The Morgan fingerprint density at radius 1 is 1.41 bits per heavy atom. The minimum atomic E-state index is -0.227. The van der Waals surface area contributed by atoms with E-state index in [-0.39, 0.29) is 12.1 Å². The van der Waals surface area contributed by atoms with Crippen LogP contribution >= 0.6 is 0 Å². The maximum atomic E-state index is 11.7. The van der Waals surface area contributed by atoms with E-state index in [2.05, 4.69) is 20.8 Å². The van der Waals surface area contributed by atoms with E-state index in [0.29, 0.717) is 11.5 Å². The normalized spacial score (nSPS) is 16.8. The molecule has 2 rings (SSSR count). The zero-order valence-electron chi connectivity index (χ0n) is 10.0. The van der Waals surface area contributed by atoms with Gasteiger partial charge in [-0.3, -0.25) is 10.4 Å². The molecule has 0 atom stereocenters. The second-order valence-electron chi connectivity index (χ2n) is 4.54. The van der Waals surface area contributed by atoms with Crippen LogP contribution in [0, 0.1) is 6.92 Å². The Kier molecular flexibility index (Phi) is 3.51. The lowest BCUT2D eigenvalue weighted by Gasteiger charge is -2.22. The highest BCUT2D eigenvalue weighted by Crippen LogP contribution is 2.19. The first-order chi connectivity index (χ1) is 8.16. The molecule has 2 amide bonds. The number of aryl methyl sites for hydroxylation is 1. The number of nitrogens with two attached hydrogens (primary N) is 1. The smallest absolute Gasteiger partial charge is 0.320 e. The SMILES string of the molecule is Cc1[nH]nc(NC(=O)NC2CCCCC2)c1N.